The first-order valence-corrected chi connectivity index (χ1v) is 6.63. The predicted octanol–water partition coefficient (Wildman–Crippen LogP) is 3.81. The van der Waals surface area contributed by atoms with Gasteiger partial charge in [-0.1, -0.05) is 24.6 Å². The maximum absolute atomic E-state index is 5.93. The van der Waals surface area contributed by atoms with E-state index in [4.69, 9.17) is 16.3 Å². The van der Waals surface area contributed by atoms with Crippen molar-refractivity contribution < 1.29 is 4.74 Å². The van der Waals surface area contributed by atoms with Crippen LogP contribution in [0.15, 0.2) is 18.2 Å². The first kappa shape index (κ1) is 14.3. The van der Waals surface area contributed by atoms with Crippen LogP contribution in [-0.4, -0.2) is 19.2 Å². The summed E-state index contributed by atoms with van der Waals surface area (Å²) in [5, 5.41) is 4.16. The minimum atomic E-state index is 0.495. The molecule has 17 heavy (non-hydrogen) atoms. The molecular weight excluding hydrogens is 234 g/mol. The van der Waals surface area contributed by atoms with E-state index in [-0.39, 0.29) is 0 Å². The molecule has 0 radical (unpaired) electrons. The van der Waals surface area contributed by atoms with Crippen molar-refractivity contribution in [2.24, 2.45) is 0 Å². The molecule has 1 unspecified atom stereocenters. The second-order valence-corrected chi connectivity index (χ2v) is 4.84. The average Bonchev–Trinajstić information content (AvgIpc) is 2.31. The van der Waals surface area contributed by atoms with Crippen LogP contribution in [0.5, 0.6) is 5.75 Å². The van der Waals surface area contributed by atoms with Crippen LogP contribution in [0.4, 0.5) is 0 Å². The Morgan fingerprint density at radius 1 is 1.41 bits per heavy atom. The molecule has 1 aromatic carbocycles. The lowest BCUT2D eigenvalue weighted by Gasteiger charge is -2.14. The zero-order valence-corrected chi connectivity index (χ0v) is 11.7. The highest BCUT2D eigenvalue weighted by Gasteiger charge is 2.03. The molecule has 0 amide bonds. The summed E-state index contributed by atoms with van der Waals surface area (Å²) in [4.78, 5) is 0. The van der Waals surface area contributed by atoms with E-state index in [0.29, 0.717) is 6.04 Å². The molecular formula is C14H22ClNO. The Balaban J connectivity index is 2.32. The first-order valence-electron chi connectivity index (χ1n) is 6.25. The summed E-state index contributed by atoms with van der Waals surface area (Å²) in [6.07, 6.45) is 2.17. The van der Waals surface area contributed by atoms with Crippen molar-refractivity contribution in [3.8, 4) is 5.75 Å². The third-order valence-electron chi connectivity index (χ3n) is 2.70. The predicted molar refractivity (Wildman–Crippen MR) is 74.1 cm³/mol. The van der Waals surface area contributed by atoms with Crippen LogP contribution >= 0.6 is 11.6 Å². The van der Waals surface area contributed by atoms with Gasteiger partial charge in [0.1, 0.15) is 5.75 Å². The van der Waals surface area contributed by atoms with Crippen molar-refractivity contribution in [2.75, 3.05) is 13.2 Å². The lowest BCUT2D eigenvalue weighted by Crippen LogP contribution is -2.28. The van der Waals surface area contributed by atoms with Gasteiger partial charge in [0.2, 0.25) is 0 Å². The Kier molecular flexibility index (Phi) is 6.38. The summed E-state index contributed by atoms with van der Waals surface area (Å²) < 4.78 is 5.74. The fourth-order valence-electron chi connectivity index (χ4n) is 1.57. The monoisotopic (exact) mass is 255 g/mol. The smallest absolute Gasteiger partial charge is 0.123 e. The average molecular weight is 256 g/mol. The van der Waals surface area contributed by atoms with Crippen molar-refractivity contribution in [3.05, 3.63) is 28.8 Å². The molecule has 1 aromatic rings. The van der Waals surface area contributed by atoms with Gasteiger partial charge in [0.25, 0.3) is 0 Å². The summed E-state index contributed by atoms with van der Waals surface area (Å²) in [7, 11) is 0. The molecule has 0 spiro atoms. The number of nitrogens with one attached hydrogen (secondary N) is 1. The molecule has 0 bridgehead atoms. The van der Waals surface area contributed by atoms with E-state index in [1.165, 1.54) is 6.42 Å². The molecule has 0 aromatic heterocycles. The molecule has 0 heterocycles. The maximum atomic E-state index is 5.93. The second kappa shape index (κ2) is 7.57. The summed E-state index contributed by atoms with van der Waals surface area (Å²) in [6, 6.07) is 6.24. The van der Waals surface area contributed by atoms with Crippen LogP contribution < -0.4 is 10.1 Å². The number of aryl methyl sites for hydroxylation is 1. The van der Waals surface area contributed by atoms with Crippen LogP contribution in [0.25, 0.3) is 0 Å². The number of benzene rings is 1. The minimum Gasteiger partial charge on any atom is -0.493 e. The summed E-state index contributed by atoms with van der Waals surface area (Å²) in [5.74, 6) is 0.889. The molecule has 3 heteroatoms. The molecule has 0 aliphatic carbocycles. The zero-order valence-electron chi connectivity index (χ0n) is 10.9. The van der Waals surface area contributed by atoms with E-state index in [1.54, 1.807) is 0 Å². The van der Waals surface area contributed by atoms with Gasteiger partial charge >= 0.3 is 0 Å². The summed E-state index contributed by atoms with van der Waals surface area (Å²) in [6.45, 7) is 8.18. The number of ether oxygens (including phenoxy) is 1. The lowest BCUT2D eigenvalue weighted by molar-refractivity contribution is 0.288. The van der Waals surface area contributed by atoms with Crippen LogP contribution in [0.2, 0.25) is 5.02 Å². The van der Waals surface area contributed by atoms with Crippen molar-refractivity contribution in [2.45, 2.75) is 39.7 Å². The standard InChI is InChI=1S/C14H22ClNO/c1-4-8-16-12(3)7-9-17-14-10-13(15)6-5-11(14)2/h5-6,10,12,16H,4,7-9H2,1-3H3. The van der Waals surface area contributed by atoms with Gasteiger partial charge in [0.15, 0.2) is 0 Å². The molecule has 0 fully saturated rings. The van der Waals surface area contributed by atoms with Crippen LogP contribution in [-0.2, 0) is 0 Å². The van der Waals surface area contributed by atoms with Crippen molar-refractivity contribution in [1.29, 1.82) is 0 Å². The van der Waals surface area contributed by atoms with E-state index >= 15 is 0 Å². The normalized spacial score (nSPS) is 12.5. The SMILES string of the molecule is CCCNC(C)CCOc1cc(Cl)ccc1C. The molecule has 1 rings (SSSR count). The van der Waals surface area contributed by atoms with Gasteiger partial charge in [-0.2, -0.15) is 0 Å². The highest BCUT2D eigenvalue weighted by atomic mass is 35.5. The first-order chi connectivity index (χ1) is 8.13. The van der Waals surface area contributed by atoms with Crippen LogP contribution in [0.3, 0.4) is 0 Å². The molecule has 96 valence electrons. The molecule has 0 saturated heterocycles. The Hall–Kier alpha value is -0.730. The molecule has 0 aliphatic rings. The largest absolute Gasteiger partial charge is 0.493 e. The lowest BCUT2D eigenvalue weighted by atomic mass is 10.2. The number of halogens is 1. The third kappa shape index (κ3) is 5.42. The topological polar surface area (TPSA) is 21.3 Å². The fourth-order valence-corrected chi connectivity index (χ4v) is 1.73. The quantitative estimate of drug-likeness (QED) is 0.800. The van der Waals surface area contributed by atoms with Gasteiger partial charge in [-0.05, 0) is 50.9 Å². The van der Waals surface area contributed by atoms with Gasteiger partial charge in [0.05, 0.1) is 6.61 Å². The molecule has 1 atom stereocenters. The molecule has 2 nitrogen and oxygen atoms in total. The van der Waals surface area contributed by atoms with Gasteiger partial charge in [-0.3, -0.25) is 0 Å². The van der Waals surface area contributed by atoms with Gasteiger partial charge in [-0.15, -0.1) is 0 Å². The minimum absolute atomic E-state index is 0.495. The maximum Gasteiger partial charge on any atom is 0.123 e. The second-order valence-electron chi connectivity index (χ2n) is 4.40. The fraction of sp³-hybridized carbons (Fsp3) is 0.571. The highest BCUT2D eigenvalue weighted by molar-refractivity contribution is 6.30. The van der Waals surface area contributed by atoms with Gasteiger partial charge in [0, 0.05) is 11.1 Å². The summed E-state index contributed by atoms with van der Waals surface area (Å²) >= 11 is 5.93. The van der Waals surface area contributed by atoms with Crippen molar-refractivity contribution in [1.82, 2.24) is 5.32 Å². The Morgan fingerprint density at radius 3 is 2.88 bits per heavy atom. The van der Waals surface area contributed by atoms with Crippen molar-refractivity contribution >= 4 is 11.6 Å². The molecule has 0 saturated carbocycles. The van der Waals surface area contributed by atoms with Crippen LogP contribution in [0.1, 0.15) is 32.3 Å². The highest BCUT2D eigenvalue weighted by Crippen LogP contribution is 2.22. The summed E-state index contributed by atoms with van der Waals surface area (Å²) in [5.41, 5.74) is 1.13. The number of rotatable bonds is 7. The number of hydrogen-bond donors (Lipinski definition) is 1. The third-order valence-corrected chi connectivity index (χ3v) is 2.94. The van der Waals surface area contributed by atoms with Gasteiger partial charge in [-0.25, -0.2) is 0 Å². The van der Waals surface area contributed by atoms with E-state index in [0.717, 1.165) is 35.9 Å². The Morgan fingerprint density at radius 2 is 2.18 bits per heavy atom. The van der Waals surface area contributed by atoms with Crippen LogP contribution in [0, 0.1) is 6.92 Å². The number of hydrogen-bond acceptors (Lipinski definition) is 2. The zero-order chi connectivity index (χ0) is 12.7. The van der Waals surface area contributed by atoms with E-state index in [9.17, 15) is 0 Å². The van der Waals surface area contributed by atoms with Gasteiger partial charge < -0.3 is 10.1 Å². The Labute approximate surface area is 109 Å². The Bertz CT molecular complexity index is 341. The van der Waals surface area contributed by atoms with Crippen molar-refractivity contribution in [3.63, 3.8) is 0 Å². The van der Waals surface area contributed by atoms with E-state index in [2.05, 4.69) is 19.2 Å². The molecule has 1 N–H and O–H groups in total. The van der Waals surface area contributed by atoms with E-state index < -0.39 is 0 Å². The van der Waals surface area contributed by atoms with E-state index in [1.807, 2.05) is 25.1 Å². The molecule has 0 aliphatic heterocycles.